The number of hydrogen-bond donors (Lipinski definition) is 1. The van der Waals surface area contributed by atoms with E-state index in [-0.39, 0.29) is 18.5 Å². The minimum absolute atomic E-state index is 0.149. The maximum Gasteiger partial charge on any atom is 0.253 e. The van der Waals surface area contributed by atoms with Crippen LogP contribution in [0, 0.1) is 13.8 Å². The maximum absolute atomic E-state index is 13.2. The molecule has 0 saturated carbocycles. The predicted octanol–water partition coefficient (Wildman–Crippen LogP) is 4.76. The third kappa shape index (κ3) is 5.52. The summed E-state index contributed by atoms with van der Waals surface area (Å²) in [6.07, 6.45) is 1.16. The lowest BCUT2D eigenvalue weighted by atomic mass is 10.00. The van der Waals surface area contributed by atoms with E-state index in [1.807, 2.05) is 63.2 Å². The van der Waals surface area contributed by atoms with E-state index < -0.39 is 10.0 Å². The lowest BCUT2D eigenvalue weighted by molar-refractivity contribution is 0.0940. The SMILES string of the molecule is Cc1ccc(C(C)NC(=O)c2ccccc2N(Cc2ccccc2)S(C)(=O)=O)c(C)c1. The Bertz CT molecular complexity index is 1170. The number of sulfonamides is 1. The first kappa shape index (κ1) is 22.6. The fourth-order valence-corrected chi connectivity index (χ4v) is 4.58. The van der Waals surface area contributed by atoms with Crippen LogP contribution >= 0.6 is 0 Å². The molecular weight excluding hydrogens is 408 g/mol. The molecule has 1 amide bonds. The van der Waals surface area contributed by atoms with Crippen molar-refractivity contribution in [2.24, 2.45) is 0 Å². The van der Waals surface area contributed by atoms with Crippen LogP contribution in [0.2, 0.25) is 0 Å². The van der Waals surface area contributed by atoms with Crippen molar-refractivity contribution in [3.05, 3.63) is 101 Å². The molecule has 162 valence electrons. The van der Waals surface area contributed by atoms with Crippen molar-refractivity contribution in [1.82, 2.24) is 5.32 Å². The Labute approximate surface area is 184 Å². The van der Waals surface area contributed by atoms with Crippen molar-refractivity contribution >= 4 is 21.6 Å². The number of carbonyl (C=O) groups is 1. The zero-order valence-corrected chi connectivity index (χ0v) is 19.1. The third-order valence-electron chi connectivity index (χ3n) is 5.23. The first-order chi connectivity index (χ1) is 14.7. The lowest BCUT2D eigenvalue weighted by Crippen LogP contribution is -2.33. The molecule has 5 nitrogen and oxygen atoms in total. The minimum Gasteiger partial charge on any atom is -0.345 e. The standard InChI is InChI=1S/C25H28N2O3S/c1-18-14-15-22(19(2)16-18)20(3)26-25(28)23-12-8-9-13-24(23)27(31(4,29)30)17-21-10-6-5-7-11-21/h5-16,20H,17H2,1-4H3,(H,26,28). The molecule has 1 N–H and O–H groups in total. The maximum atomic E-state index is 13.2. The van der Waals surface area contributed by atoms with Gasteiger partial charge in [-0.3, -0.25) is 9.10 Å². The van der Waals surface area contributed by atoms with E-state index in [2.05, 4.69) is 11.4 Å². The zero-order valence-electron chi connectivity index (χ0n) is 18.3. The van der Waals surface area contributed by atoms with Gasteiger partial charge in [-0.25, -0.2) is 8.42 Å². The molecule has 0 aliphatic carbocycles. The molecule has 0 aliphatic rings. The van der Waals surface area contributed by atoms with Crippen LogP contribution in [0.15, 0.2) is 72.8 Å². The summed E-state index contributed by atoms with van der Waals surface area (Å²) in [5.74, 6) is -0.315. The number of benzene rings is 3. The smallest absolute Gasteiger partial charge is 0.253 e. The van der Waals surface area contributed by atoms with Crippen molar-refractivity contribution in [1.29, 1.82) is 0 Å². The van der Waals surface area contributed by atoms with Crippen LogP contribution in [0.25, 0.3) is 0 Å². The van der Waals surface area contributed by atoms with Gasteiger partial charge < -0.3 is 5.32 Å². The van der Waals surface area contributed by atoms with Gasteiger partial charge in [-0.2, -0.15) is 0 Å². The Hall–Kier alpha value is -3.12. The second kappa shape index (κ2) is 9.35. The van der Waals surface area contributed by atoms with Crippen LogP contribution in [-0.2, 0) is 16.6 Å². The van der Waals surface area contributed by atoms with E-state index in [1.54, 1.807) is 24.3 Å². The molecule has 0 fully saturated rings. The number of nitrogens with zero attached hydrogens (tertiary/aromatic N) is 1. The van der Waals surface area contributed by atoms with E-state index in [9.17, 15) is 13.2 Å². The summed E-state index contributed by atoms with van der Waals surface area (Å²) in [6.45, 7) is 6.13. The van der Waals surface area contributed by atoms with Gasteiger partial charge in [0.25, 0.3) is 5.91 Å². The molecule has 0 aliphatic heterocycles. The zero-order chi connectivity index (χ0) is 22.6. The van der Waals surface area contributed by atoms with Crippen molar-refractivity contribution in [3.63, 3.8) is 0 Å². The van der Waals surface area contributed by atoms with Crippen LogP contribution in [0.3, 0.4) is 0 Å². The van der Waals surface area contributed by atoms with Crippen molar-refractivity contribution < 1.29 is 13.2 Å². The van der Waals surface area contributed by atoms with E-state index >= 15 is 0 Å². The Morgan fingerprint density at radius 2 is 1.61 bits per heavy atom. The van der Waals surface area contributed by atoms with E-state index in [0.29, 0.717) is 11.3 Å². The quantitative estimate of drug-likeness (QED) is 0.581. The Morgan fingerprint density at radius 3 is 2.26 bits per heavy atom. The highest BCUT2D eigenvalue weighted by Gasteiger charge is 2.24. The molecule has 0 saturated heterocycles. The topological polar surface area (TPSA) is 66.5 Å². The second-order valence-corrected chi connectivity index (χ2v) is 9.73. The van der Waals surface area contributed by atoms with E-state index in [1.165, 1.54) is 4.31 Å². The average molecular weight is 437 g/mol. The molecule has 31 heavy (non-hydrogen) atoms. The summed E-state index contributed by atoms with van der Waals surface area (Å²) in [7, 11) is -3.61. The highest BCUT2D eigenvalue weighted by Crippen LogP contribution is 2.26. The van der Waals surface area contributed by atoms with Crippen LogP contribution in [0.4, 0.5) is 5.69 Å². The Morgan fingerprint density at radius 1 is 0.968 bits per heavy atom. The fraction of sp³-hybridized carbons (Fsp3) is 0.240. The van der Waals surface area contributed by atoms with Gasteiger partial charge in [-0.05, 0) is 49.6 Å². The highest BCUT2D eigenvalue weighted by molar-refractivity contribution is 7.92. The van der Waals surface area contributed by atoms with Gasteiger partial charge in [0.15, 0.2) is 0 Å². The normalized spacial score (nSPS) is 12.3. The molecular formula is C25H28N2O3S. The molecule has 0 radical (unpaired) electrons. The number of para-hydroxylation sites is 1. The van der Waals surface area contributed by atoms with Gasteiger partial charge in [0.05, 0.1) is 30.1 Å². The molecule has 3 aromatic carbocycles. The molecule has 0 heterocycles. The largest absolute Gasteiger partial charge is 0.345 e. The number of anilines is 1. The van der Waals surface area contributed by atoms with Gasteiger partial charge in [-0.15, -0.1) is 0 Å². The number of amides is 1. The van der Waals surface area contributed by atoms with Crippen LogP contribution < -0.4 is 9.62 Å². The number of rotatable bonds is 7. The van der Waals surface area contributed by atoms with Gasteiger partial charge in [-0.1, -0.05) is 66.2 Å². The molecule has 1 atom stereocenters. The van der Waals surface area contributed by atoms with Crippen molar-refractivity contribution in [2.45, 2.75) is 33.4 Å². The predicted molar refractivity (Wildman–Crippen MR) is 126 cm³/mol. The molecule has 1 unspecified atom stereocenters. The molecule has 0 aromatic heterocycles. The summed E-state index contributed by atoms with van der Waals surface area (Å²) < 4.78 is 26.5. The van der Waals surface area contributed by atoms with Gasteiger partial charge in [0.1, 0.15) is 0 Å². The van der Waals surface area contributed by atoms with Gasteiger partial charge in [0, 0.05) is 0 Å². The third-order valence-corrected chi connectivity index (χ3v) is 6.35. The summed E-state index contributed by atoms with van der Waals surface area (Å²) >= 11 is 0. The monoisotopic (exact) mass is 436 g/mol. The fourth-order valence-electron chi connectivity index (χ4n) is 3.68. The first-order valence-electron chi connectivity index (χ1n) is 10.2. The van der Waals surface area contributed by atoms with Crippen LogP contribution in [0.5, 0.6) is 0 Å². The first-order valence-corrected chi connectivity index (χ1v) is 12.0. The summed E-state index contributed by atoms with van der Waals surface area (Å²) in [5.41, 5.74) is 4.81. The molecule has 0 bridgehead atoms. The van der Waals surface area contributed by atoms with E-state index in [0.717, 1.165) is 28.5 Å². The van der Waals surface area contributed by atoms with Gasteiger partial charge in [0.2, 0.25) is 10.0 Å². The summed E-state index contributed by atoms with van der Waals surface area (Å²) in [4.78, 5) is 13.2. The van der Waals surface area contributed by atoms with Crippen molar-refractivity contribution in [2.75, 3.05) is 10.6 Å². The summed E-state index contributed by atoms with van der Waals surface area (Å²) in [6, 6.07) is 22.0. The molecule has 6 heteroatoms. The lowest BCUT2D eigenvalue weighted by Gasteiger charge is -2.25. The molecule has 3 aromatic rings. The number of nitrogens with one attached hydrogen (secondary N) is 1. The Balaban J connectivity index is 1.92. The number of hydrogen-bond acceptors (Lipinski definition) is 3. The summed E-state index contributed by atoms with van der Waals surface area (Å²) in [5, 5.41) is 3.02. The number of aryl methyl sites for hydroxylation is 2. The van der Waals surface area contributed by atoms with Crippen LogP contribution in [0.1, 0.15) is 45.6 Å². The second-order valence-electron chi connectivity index (χ2n) is 7.83. The number of carbonyl (C=O) groups excluding carboxylic acids is 1. The van der Waals surface area contributed by atoms with Crippen LogP contribution in [-0.4, -0.2) is 20.6 Å². The molecule has 3 rings (SSSR count). The highest BCUT2D eigenvalue weighted by atomic mass is 32.2. The van der Waals surface area contributed by atoms with Crippen molar-refractivity contribution in [3.8, 4) is 0 Å². The average Bonchev–Trinajstić information content (AvgIpc) is 2.72. The molecule has 0 spiro atoms. The van der Waals surface area contributed by atoms with E-state index in [4.69, 9.17) is 0 Å². The minimum atomic E-state index is -3.61. The Kier molecular flexibility index (Phi) is 6.81. The van der Waals surface area contributed by atoms with Gasteiger partial charge >= 0.3 is 0 Å².